The van der Waals surface area contributed by atoms with E-state index in [9.17, 15) is 18.8 Å². The lowest BCUT2D eigenvalue weighted by atomic mass is 9.89. The SMILES string of the molecule is O=C1CC(C(=O)N2CCNC(=O)c3ccccc32)c2ccc(F)cc2N1. The van der Waals surface area contributed by atoms with E-state index < -0.39 is 11.7 Å². The molecule has 132 valence electrons. The molecule has 1 unspecified atom stereocenters. The van der Waals surface area contributed by atoms with Gasteiger partial charge < -0.3 is 15.5 Å². The van der Waals surface area contributed by atoms with Crippen molar-refractivity contribution in [2.24, 2.45) is 0 Å². The first-order valence-electron chi connectivity index (χ1n) is 8.32. The second kappa shape index (κ2) is 6.25. The number of benzene rings is 2. The maximum absolute atomic E-state index is 13.5. The Bertz CT molecular complexity index is 928. The van der Waals surface area contributed by atoms with Crippen molar-refractivity contribution in [2.45, 2.75) is 12.3 Å². The predicted molar refractivity (Wildman–Crippen MR) is 93.5 cm³/mol. The topological polar surface area (TPSA) is 78.5 Å². The highest BCUT2D eigenvalue weighted by molar-refractivity contribution is 6.10. The van der Waals surface area contributed by atoms with Crippen molar-refractivity contribution in [2.75, 3.05) is 23.3 Å². The molecule has 2 aromatic rings. The molecule has 7 heteroatoms. The number of hydrogen-bond acceptors (Lipinski definition) is 3. The van der Waals surface area contributed by atoms with E-state index >= 15 is 0 Å². The molecule has 0 fully saturated rings. The number of amides is 3. The molecule has 2 N–H and O–H groups in total. The molecular formula is C19H16FN3O3. The van der Waals surface area contributed by atoms with Crippen LogP contribution in [0, 0.1) is 5.82 Å². The summed E-state index contributed by atoms with van der Waals surface area (Å²) in [4.78, 5) is 39.0. The molecule has 0 radical (unpaired) electrons. The van der Waals surface area contributed by atoms with Crippen LogP contribution in [0.15, 0.2) is 42.5 Å². The summed E-state index contributed by atoms with van der Waals surface area (Å²) in [5.74, 6) is -2.05. The number of anilines is 2. The Kier molecular flexibility index (Phi) is 3.91. The molecule has 2 aliphatic heterocycles. The van der Waals surface area contributed by atoms with E-state index in [4.69, 9.17) is 0 Å². The van der Waals surface area contributed by atoms with Gasteiger partial charge in [-0.2, -0.15) is 0 Å². The van der Waals surface area contributed by atoms with Crippen molar-refractivity contribution in [1.82, 2.24) is 5.32 Å². The molecule has 0 aliphatic carbocycles. The van der Waals surface area contributed by atoms with Gasteiger partial charge in [-0.15, -0.1) is 0 Å². The maximum atomic E-state index is 13.5. The van der Waals surface area contributed by atoms with Crippen LogP contribution in [-0.4, -0.2) is 30.8 Å². The second-order valence-electron chi connectivity index (χ2n) is 6.30. The number of hydrogen-bond donors (Lipinski definition) is 2. The number of nitrogens with zero attached hydrogens (tertiary/aromatic N) is 1. The molecule has 6 nitrogen and oxygen atoms in total. The normalized spacial score (nSPS) is 19.0. The van der Waals surface area contributed by atoms with Gasteiger partial charge in [-0.1, -0.05) is 18.2 Å². The van der Waals surface area contributed by atoms with Crippen molar-refractivity contribution < 1.29 is 18.8 Å². The summed E-state index contributed by atoms with van der Waals surface area (Å²) < 4.78 is 13.5. The summed E-state index contributed by atoms with van der Waals surface area (Å²) in [7, 11) is 0. The first-order chi connectivity index (χ1) is 12.5. The van der Waals surface area contributed by atoms with Crippen LogP contribution in [0.3, 0.4) is 0 Å². The number of halogens is 1. The molecule has 0 aromatic heterocycles. The number of para-hydroxylation sites is 1. The monoisotopic (exact) mass is 353 g/mol. The van der Waals surface area contributed by atoms with Crippen LogP contribution in [0.4, 0.5) is 15.8 Å². The first-order valence-corrected chi connectivity index (χ1v) is 8.32. The molecule has 26 heavy (non-hydrogen) atoms. The molecule has 2 aromatic carbocycles. The lowest BCUT2D eigenvalue weighted by Gasteiger charge is -2.30. The minimum Gasteiger partial charge on any atom is -0.350 e. The smallest absolute Gasteiger partial charge is 0.253 e. The molecule has 4 rings (SSSR count). The zero-order chi connectivity index (χ0) is 18.3. The third-order valence-electron chi connectivity index (χ3n) is 4.68. The van der Waals surface area contributed by atoms with Gasteiger partial charge in [0.15, 0.2) is 0 Å². The third-order valence-corrected chi connectivity index (χ3v) is 4.68. The van der Waals surface area contributed by atoms with E-state index in [1.807, 2.05) is 0 Å². The minimum atomic E-state index is -0.722. The number of carbonyl (C=O) groups is 3. The lowest BCUT2D eigenvalue weighted by molar-refractivity contribution is -0.124. The quantitative estimate of drug-likeness (QED) is 0.823. The summed E-state index contributed by atoms with van der Waals surface area (Å²) in [5.41, 5.74) is 1.83. The molecule has 3 amide bonds. The first kappa shape index (κ1) is 16.3. The summed E-state index contributed by atoms with van der Waals surface area (Å²) in [6.45, 7) is 0.616. The van der Waals surface area contributed by atoms with Gasteiger partial charge in [0.1, 0.15) is 5.82 Å². The van der Waals surface area contributed by atoms with Crippen LogP contribution in [0.25, 0.3) is 0 Å². The van der Waals surface area contributed by atoms with Gasteiger partial charge >= 0.3 is 0 Å². The molecule has 2 aliphatic rings. The van der Waals surface area contributed by atoms with E-state index in [1.54, 1.807) is 24.3 Å². The van der Waals surface area contributed by atoms with Crippen LogP contribution in [0.5, 0.6) is 0 Å². The highest BCUT2D eigenvalue weighted by Crippen LogP contribution is 2.36. The van der Waals surface area contributed by atoms with Gasteiger partial charge in [-0.3, -0.25) is 14.4 Å². The van der Waals surface area contributed by atoms with Gasteiger partial charge in [0.05, 0.1) is 17.2 Å². The van der Waals surface area contributed by atoms with Gasteiger partial charge in [0.2, 0.25) is 11.8 Å². The Hall–Kier alpha value is -3.22. The average molecular weight is 353 g/mol. The lowest BCUT2D eigenvalue weighted by Crippen LogP contribution is -2.41. The van der Waals surface area contributed by atoms with E-state index in [1.165, 1.54) is 23.1 Å². The Labute approximate surface area is 149 Å². The summed E-state index contributed by atoms with van der Waals surface area (Å²) in [6.07, 6.45) is -0.0164. The summed E-state index contributed by atoms with van der Waals surface area (Å²) in [5, 5.41) is 5.37. The number of carbonyl (C=O) groups excluding carboxylic acids is 3. The van der Waals surface area contributed by atoms with Crippen molar-refractivity contribution in [3.05, 3.63) is 59.4 Å². The van der Waals surface area contributed by atoms with Crippen LogP contribution >= 0.6 is 0 Å². The van der Waals surface area contributed by atoms with Gasteiger partial charge in [0.25, 0.3) is 5.91 Å². The summed E-state index contributed by atoms with van der Waals surface area (Å²) >= 11 is 0. The van der Waals surface area contributed by atoms with Crippen LogP contribution in [0.2, 0.25) is 0 Å². The average Bonchev–Trinajstić information content (AvgIpc) is 2.79. The van der Waals surface area contributed by atoms with E-state index in [2.05, 4.69) is 10.6 Å². The Balaban J connectivity index is 1.76. The highest BCUT2D eigenvalue weighted by Gasteiger charge is 2.35. The molecular weight excluding hydrogens is 337 g/mol. The zero-order valence-corrected chi connectivity index (χ0v) is 13.8. The van der Waals surface area contributed by atoms with Crippen LogP contribution in [-0.2, 0) is 9.59 Å². The fourth-order valence-corrected chi connectivity index (χ4v) is 3.47. The molecule has 0 bridgehead atoms. The predicted octanol–water partition coefficient (Wildman–Crippen LogP) is 2.03. The van der Waals surface area contributed by atoms with E-state index in [-0.39, 0.29) is 24.1 Å². The third kappa shape index (κ3) is 2.71. The van der Waals surface area contributed by atoms with Gasteiger partial charge in [-0.25, -0.2) is 4.39 Å². The van der Waals surface area contributed by atoms with Crippen LogP contribution in [0.1, 0.15) is 28.3 Å². The zero-order valence-electron chi connectivity index (χ0n) is 13.8. The van der Waals surface area contributed by atoms with Crippen molar-refractivity contribution in [3.8, 4) is 0 Å². The van der Waals surface area contributed by atoms with Crippen molar-refractivity contribution in [1.29, 1.82) is 0 Å². The second-order valence-corrected chi connectivity index (χ2v) is 6.30. The molecule has 0 saturated carbocycles. The van der Waals surface area contributed by atoms with Crippen molar-refractivity contribution >= 4 is 29.1 Å². The molecule has 2 heterocycles. The summed E-state index contributed by atoms with van der Waals surface area (Å²) in [6, 6.07) is 10.9. The standard InChI is InChI=1S/C19H16FN3O3/c20-11-5-6-12-14(10-17(24)22-15(12)9-11)19(26)23-8-7-21-18(25)13-3-1-2-4-16(13)23/h1-6,9,14H,7-8,10H2,(H,21,25)(H,22,24). The fraction of sp³-hybridized carbons (Fsp3) is 0.211. The highest BCUT2D eigenvalue weighted by atomic mass is 19.1. The van der Waals surface area contributed by atoms with Gasteiger partial charge in [-0.05, 0) is 29.8 Å². The molecule has 0 spiro atoms. The Morgan fingerprint density at radius 2 is 1.96 bits per heavy atom. The van der Waals surface area contributed by atoms with E-state index in [0.717, 1.165) is 0 Å². The maximum Gasteiger partial charge on any atom is 0.253 e. The van der Waals surface area contributed by atoms with Crippen LogP contribution < -0.4 is 15.5 Å². The van der Waals surface area contributed by atoms with Crippen molar-refractivity contribution in [3.63, 3.8) is 0 Å². The molecule has 1 atom stereocenters. The Morgan fingerprint density at radius 1 is 1.15 bits per heavy atom. The largest absolute Gasteiger partial charge is 0.350 e. The Morgan fingerprint density at radius 3 is 2.81 bits per heavy atom. The molecule has 0 saturated heterocycles. The van der Waals surface area contributed by atoms with Gasteiger partial charge in [0, 0.05) is 25.2 Å². The minimum absolute atomic E-state index is 0.0164. The van der Waals surface area contributed by atoms with E-state index in [0.29, 0.717) is 35.6 Å². The number of nitrogens with one attached hydrogen (secondary N) is 2. The number of fused-ring (bicyclic) bond motifs is 2. The number of rotatable bonds is 1. The fourth-order valence-electron chi connectivity index (χ4n) is 3.47.